The van der Waals surface area contributed by atoms with Crippen LogP contribution in [0.2, 0.25) is 0 Å². The second-order valence-electron chi connectivity index (χ2n) is 6.37. The summed E-state index contributed by atoms with van der Waals surface area (Å²) in [5.74, 6) is 2.35. The Hall–Kier alpha value is -2.98. The number of aromatic nitrogens is 2. The summed E-state index contributed by atoms with van der Waals surface area (Å²) in [7, 11) is -0.161. The van der Waals surface area contributed by atoms with E-state index in [1.165, 1.54) is 18.1 Å². The molecule has 0 saturated carbocycles. The molecule has 0 aliphatic heterocycles. The van der Waals surface area contributed by atoms with Crippen LogP contribution < -0.4 is 20.1 Å². The molecule has 3 aromatic rings. The molecule has 10 heteroatoms. The molecule has 1 heterocycles. The summed E-state index contributed by atoms with van der Waals surface area (Å²) in [5, 5.41) is 6.41. The third-order valence-electron chi connectivity index (χ3n) is 4.50. The molecule has 3 rings (SSSR count). The molecule has 0 aliphatic rings. The van der Waals surface area contributed by atoms with E-state index in [-0.39, 0.29) is 10.6 Å². The van der Waals surface area contributed by atoms with Gasteiger partial charge in [0.05, 0.1) is 30.6 Å². The molecule has 2 N–H and O–H groups in total. The van der Waals surface area contributed by atoms with E-state index in [0.717, 1.165) is 10.6 Å². The minimum Gasteiger partial charge on any atom is -0.493 e. The first-order valence-corrected chi connectivity index (χ1v) is 12.3. The Morgan fingerprint density at radius 3 is 2.29 bits per heavy atom. The summed E-state index contributed by atoms with van der Waals surface area (Å²) >= 11 is 1.51. The van der Waals surface area contributed by atoms with Gasteiger partial charge in [-0.3, -0.25) is 0 Å². The van der Waals surface area contributed by atoms with Gasteiger partial charge in [0.15, 0.2) is 21.3 Å². The molecule has 164 valence electrons. The fraction of sp³-hybridized carbons (Fsp3) is 0.238. The van der Waals surface area contributed by atoms with E-state index in [1.807, 2.05) is 12.3 Å². The van der Waals surface area contributed by atoms with E-state index in [2.05, 4.69) is 20.6 Å². The molecular formula is C21H24N4O4S2. The lowest BCUT2D eigenvalue weighted by molar-refractivity contribution is 0.355. The molecule has 0 atom stereocenters. The number of nitrogens with zero attached hydrogens (tertiary/aromatic N) is 2. The van der Waals surface area contributed by atoms with Crippen molar-refractivity contribution in [3.8, 4) is 11.5 Å². The van der Waals surface area contributed by atoms with Gasteiger partial charge in [0.1, 0.15) is 18.0 Å². The molecule has 0 aliphatic carbocycles. The number of nitrogens with one attached hydrogen (secondary N) is 2. The number of hydrogen-bond acceptors (Lipinski definition) is 9. The van der Waals surface area contributed by atoms with Crippen molar-refractivity contribution >= 4 is 44.6 Å². The van der Waals surface area contributed by atoms with Crippen LogP contribution in [-0.2, 0) is 9.84 Å². The van der Waals surface area contributed by atoms with Gasteiger partial charge in [-0.1, -0.05) is 6.92 Å². The third kappa shape index (κ3) is 5.39. The van der Waals surface area contributed by atoms with Crippen molar-refractivity contribution in [1.29, 1.82) is 0 Å². The van der Waals surface area contributed by atoms with Crippen molar-refractivity contribution < 1.29 is 17.9 Å². The van der Waals surface area contributed by atoms with Crippen LogP contribution in [0.3, 0.4) is 0 Å². The van der Waals surface area contributed by atoms with Crippen LogP contribution in [0.4, 0.5) is 23.0 Å². The smallest absolute Gasteiger partial charge is 0.178 e. The maximum absolute atomic E-state index is 12.3. The number of methoxy groups -OCH3 is 2. The van der Waals surface area contributed by atoms with Crippen molar-refractivity contribution in [3.05, 3.63) is 48.8 Å². The van der Waals surface area contributed by atoms with E-state index in [1.54, 1.807) is 57.5 Å². The van der Waals surface area contributed by atoms with Crippen molar-refractivity contribution in [2.45, 2.75) is 16.7 Å². The molecule has 0 fully saturated rings. The number of thioether (sulfide) groups is 1. The lowest BCUT2D eigenvalue weighted by Crippen LogP contribution is -2.05. The van der Waals surface area contributed by atoms with Gasteiger partial charge in [0, 0.05) is 22.7 Å². The summed E-state index contributed by atoms with van der Waals surface area (Å²) in [5.41, 5.74) is 1.43. The van der Waals surface area contributed by atoms with Gasteiger partial charge in [-0.15, -0.1) is 11.8 Å². The molecule has 1 aromatic heterocycles. The van der Waals surface area contributed by atoms with Crippen molar-refractivity contribution in [3.63, 3.8) is 0 Å². The minimum atomic E-state index is -3.32. The first-order chi connectivity index (χ1) is 14.9. The molecule has 0 saturated heterocycles. The van der Waals surface area contributed by atoms with Crippen LogP contribution in [0.25, 0.3) is 0 Å². The zero-order chi connectivity index (χ0) is 22.4. The minimum absolute atomic E-state index is 0.0396. The van der Waals surface area contributed by atoms with Gasteiger partial charge in [-0.2, -0.15) is 0 Å². The zero-order valence-electron chi connectivity index (χ0n) is 17.7. The maximum atomic E-state index is 12.3. The first kappa shape index (κ1) is 22.7. The molecule has 0 amide bonds. The Balaban J connectivity index is 1.87. The average molecular weight is 461 g/mol. The van der Waals surface area contributed by atoms with Crippen LogP contribution in [0.1, 0.15) is 6.92 Å². The van der Waals surface area contributed by atoms with Crippen molar-refractivity contribution in [2.24, 2.45) is 0 Å². The highest BCUT2D eigenvalue weighted by molar-refractivity contribution is 7.98. The van der Waals surface area contributed by atoms with Gasteiger partial charge in [0.2, 0.25) is 0 Å². The first-order valence-electron chi connectivity index (χ1n) is 9.39. The monoisotopic (exact) mass is 460 g/mol. The molecule has 31 heavy (non-hydrogen) atoms. The Bertz CT molecular complexity index is 1170. The highest BCUT2D eigenvalue weighted by atomic mass is 32.2. The average Bonchev–Trinajstić information content (AvgIpc) is 2.79. The molecule has 0 radical (unpaired) electrons. The number of benzene rings is 2. The Labute approximate surface area is 186 Å². The van der Waals surface area contributed by atoms with Crippen LogP contribution in [0, 0.1) is 0 Å². The molecule has 0 spiro atoms. The predicted octanol–water partition coefficient (Wildman–Crippen LogP) is 4.50. The second-order valence-corrected chi connectivity index (χ2v) is 9.50. The second kappa shape index (κ2) is 9.88. The molecule has 0 bridgehead atoms. The Morgan fingerprint density at radius 1 is 0.935 bits per heavy atom. The Kier molecular flexibility index (Phi) is 7.24. The largest absolute Gasteiger partial charge is 0.493 e. The quantitative estimate of drug-likeness (QED) is 0.447. The number of ether oxygens (including phenoxy) is 2. The number of sulfone groups is 1. The topological polar surface area (TPSA) is 102 Å². The van der Waals surface area contributed by atoms with Gasteiger partial charge in [-0.25, -0.2) is 18.4 Å². The van der Waals surface area contributed by atoms with E-state index < -0.39 is 9.84 Å². The van der Waals surface area contributed by atoms with Crippen LogP contribution in [0.15, 0.2) is 58.6 Å². The SMILES string of the molecule is CCS(=O)(=O)c1ccc(SC)c(Nc2cc(Nc3ccc(OC)c(OC)c3)ncn2)c1. The fourth-order valence-electron chi connectivity index (χ4n) is 2.84. The molecular weight excluding hydrogens is 436 g/mol. The van der Waals surface area contributed by atoms with E-state index >= 15 is 0 Å². The highest BCUT2D eigenvalue weighted by Crippen LogP contribution is 2.32. The lowest BCUT2D eigenvalue weighted by atomic mass is 10.2. The standard InChI is InChI=1S/C21H24N4O4S2/c1-5-31(26,27)15-7-9-19(30-4)16(11-15)25-21-12-20(22-13-23-21)24-14-6-8-17(28-2)18(10-14)29-3/h6-13H,5H2,1-4H3,(H2,22,23,24,25). The van der Waals surface area contributed by atoms with E-state index in [0.29, 0.717) is 28.8 Å². The molecule has 2 aromatic carbocycles. The fourth-order valence-corrected chi connectivity index (χ4v) is 4.28. The summed E-state index contributed by atoms with van der Waals surface area (Å²) in [4.78, 5) is 9.69. The lowest BCUT2D eigenvalue weighted by Gasteiger charge is -2.13. The number of anilines is 4. The van der Waals surface area contributed by atoms with Crippen molar-refractivity contribution in [2.75, 3.05) is 36.9 Å². The van der Waals surface area contributed by atoms with Crippen LogP contribution in [0.5, 0.6) is 11.5 Å². The van der Waals surface area contributed by atoms with Crippen molar-refractivity contribution in [1.82, 2.24) is 9.97 Å². The Morgan fingerprint density at radius 2 is 1.65 bits per heavy atom. The van der Waals surface area contributed by atoms with Crippen LogP contribution in [-0.4, -0.2) is 44.6 Å². The van der Waals surface area contributed by atoms with Gasteiger partial charge >= 0.3 is 0 Å². The summed E-state index contributed by atoms with van der Waals surface area (Å²) < 4.78 is 35.1. The number of rotatable bonds is 9. The third-order valence-corrected chi connectivity index (χ3v) is 7.02. The van der Waals surface area contributed by atoms with Gasteiger partial charge in [-0.05, 0) is 36.6 Å². The normalized spacial score (nSPS) is 11.1. The summed E-state index contributed by atoms with van der Waals surface area (Å²) in [6.45, 7) is 1.63. The maximum Gasteiger partial charge on any atom is 0.178 e. The predicted molar refractivity (Wildman–Crippen MR) is 124 cm³/mol. The van der Waals surface area contributed by atoms with Gasteiger partial charge < -0.3 is 20.1 Å². The van der Waals surface area contributed by atoms with E-state index in [9.17, 15) is 8.42 Å². The summed E-state index contributed by atoms with van der Waals surface area (Å²) in [6, 6.07) is 12.2. The van der Waals surface area contributed by atoms with E-state index in [4.69, 9.17) is 9.47 Å². The van der Waals surface area contributed by atoms with Crippen LogP contribution >= 0.6 is 11.8 Å². The molecule has 0 unspecified atom stereocenters. The zero-order valence-corrected chi connectivity index (χ0v) is 19.3. The number of hydrogen-bond donors (Lipinski definition) is 2. The molecule has 8 nitrogen and oxygen atoms in total. The summed E-state index contributed by atoms with van der Waals surface area (Å²) in [6.07, 6.45) is 3.36. The van der Waals surface area contributed by atoms with Gasteiger partial charge in [0.25, 0.3) is 0 Å². The highest BCUT2D eigenvalue weighted by Gasteiger charge is 2.15.